The van der Waals surface area contributed by atoms with Crippen molar-refractivity contribution in [2.45, 2.75) is 20.3 Å². The van der Waals surface area contributed by atoms with Crippen molar-refractivity contribution in [2.24, 2.45) is 5.92 Å². The summed E-state index contributed by atoms with van der Waals surface area (Å²) in [4.78, 5) is 25.6. The first-order valence-corrected chi connectivity index (χ1v) is 6.22. The Kier molecular flexibility index (Phi) is 7.73. The molecule has 0 unspecified atom stereocenters. The van der Waals surface area contributed by atoms with Crippen LogP contribution in [-0.4, -0.2) is 15.6 Å². The standard InChI is InChI=1S/C11H14O.H3O3P/c1-9(2)11(12)8-10-6-4-3-5-7-10;1-4(2)3/h3-7,9H,8H2,1-2H3;4H,(H2,1,2,3). The van der Waals surface area contributed by atoms with Crippen LogP contribution in [0.2, 0.25) is 0 Å². The van der Waals surface area contributed by atoms with E-state index in [1.807, 2.05) is 44.2 Å². The zero-order chi connectivity index (χ0) is 12.6. The van der Waals surface area contributed by atoms with Gasteiger partial charge >= 0.3 is 8.25 Å². The quantitative estimate of drug-likeness (QED) is 0.795. The van der Waals surface area contributed by atoms with E-state index >= 15 is 0 Å². The predicted octanol–water partition coefficient (Wildman–Crippen LogP) is 1.81. The first-order chi connectivity index (χ1) is 7.43. The second-order valence-corrected chi connectivity index (χ2v) is 4.13. The molecule has 0 spiro atoms. The Hall–Kier alpha value is -0.960. The third kappa shape index (κ3) is 8.36. The summed E-state index contributed by atoms with van der Waals surface area (Å²) >= 11 is 0. The molecular formula is C11H17O4P. The van der Waals surface area contributed by atoms with Crippen molar-refractivity contribution in [3.05, 3.63) is 35.9 Å². The molecule has 1 aromatic rings. The van der Waals surface area contributed by atoms with Gasteiger partial charge in [-0.3, -0.25) is 9.36 Å². The minimum absolute atomic E-state index is 0.144. The maximum absolute atomic E-state index is 11.3. The fourth-order valence-electron chi connectivity index (χ4n) is 1.00. The van der Waals surface area contributed by atoms with Crippen LogP contribution in [0.15, 0.2) is 30.3 Å². The molecule has 0 saturated carbocycles. The zero-order valence-electron chi connectivity index (χ0n) is 9.38. The smallest absolute Gasteiger partial charge is 0.314 e. The SMILES string of the molecule is CC(C)C(=O)Cc1ccccc1.O=[PH](O)O. The summed E-state index contributed by atoms with van der Waals surface area (Å²) < 4.78 is 8.74. The maximum Gasteiger partial charge on any atom is 0.314 e. The molecule has 1 aromatic carbocycles. The van der Waals surface area contributed by atoms with Gasteiger partial charge in [0, 0.05) is 12.3 Å². The van der Waals surface area contributed by atoms with Crippen molar-refractivity contribution in [1.82, 2.24) is 0 Å². The van der Waals surface area contributed by atoms with Gasteiger partial charge in [0.05, 0.1) is 0 Å². The molecule has 0 aliphatic rings. The Morgan fingerprint density at radius 1 is 1.25 bits per heavy atom. The highest BCUT2D eigenvalue weighted by molar-refractivity contribution is 7.30. The van der Waals surface area contributed by atoms with Crippen LogP contribution in [0.5, 0.6) is 0 Å². The van der Waals surface area contributed by atoms with Crippen molar-refractivity contribution in [2.75, 3.05) is 0 Å². The van der Waals surface area contributed by atoms with Crippen molar-refractivity contribution in [1.29, 1.82) is 0 Å². The van der Waals surface area contributed by atoms with Gasteiger partial charge in [0.15, 0.2) is 0 Å². The number of rotatable bonds is 3. The summed E-state index contributed by atoms with van der Waals surface area (Å²) in [6.07, 6.45) is 0.568. The molecule has 0 aromatic heterocycles. The molecule has 4 nitrogen and oxygen atoms in total. The topological polar surface area (TPSA) is 74.6 Å². The van der Waals surface area contributed by atoms with Crippen LogP contribution in [0.1, 0.15) is 19.4 Å². The third-order valence-corrected chi connectivity index (χ3v) is 1.87. The van der Waals surface area contributed by atoms with Crippen LogP contribution in [0.3, 0.4) is 0 Å². The average molecular weight is 244 g/mol. The highest BCUT2D eigenvalue weighted by Gasteiger charge is 2.06. The predicted molar refractivity (Wildman–Crippen MR) is 63.4 cm³/mol. The Morgan fingerprint density at radius 2 is 1.69 bits per heavy atom. The number of Topliss-reactive ketones (excluding diaryl/α,β-unsaturated/α-hetero) is 1. The fraction of sp³-hybridized carbons (Fsp3) is 0.364. The number of hydrogen-bond acceptors (Lipinski definition) is 2. The maximum atomic E-state index is 11.3. The lowest BCUT2D eigenvalue weighted by Gasteiger charge is -2.02. The summed E-state index contributed by atoms with van der Waals surface area (Å²) in [7, 11) is -3.13. The molecule has 0 bridgehead atoms. The van der Waals surface area contributed by atoms with Crippen molar-refractivity contribution in [3.8, 4) is 0 Å². The fourth-order valence-corrected chi connectivity index (χ4v) is 1.00. The molecule has 1 rings (SSSR count). The van der Waals surface area contributed by atoms with Gasteiger partial charge in [-0.1, -0.05) is 44.2 Å². The molecule has 0 saturated heterocycles. The number of ketones is 1. The molecule has 0 heterocycles. The summed E-state index contributed by atoms with van der Waals surface area (Å²) in [5, 5.41) is 0. The van der Waals surface area contributed by atoms with Gasteiger partial charge in [-0.2, -0.15) is 0 Å². The summed E-state index contributed by atoms with van der Waals surface area (Å²) in [5.74, 6) is 0.450. The molecule has 0 aliphatic carbocycles. The van der Waals surface area contributed by atoms with E-state index in [9.17, 15) is 4.79 Å². The van der Waals surface area contributed by atoms with E-state index in [4.69, 9.17) is 14.4 Å². The van der Waals surface area contributed by atoms with E-state index in [1.165, 1.54) is 0 Å². The largest absolute Gasteiger partial charge is 0.326 e. The summed E-state index contributed by atoms with van der Waals surface area (Å²) in [6.45, 7) is 3.87. The van der Waals surface area contributed by atoms with Gasteiger partial charge in [-0.05, 0) is 5.56 Å². The van der Waals surface area contributed by atoms with Crippen LogP contribution in [0.4, 0.5) is 0 Å². The first kappa shape index (κ1) is 15.0. The normalized spacial score (nSPS) is 9.88. The number of benzene rings is 1. The van der Waals surface area contributed by atoms with E-state index in [1.54, 1.807) is 0 Å². The van der Waals surface area contributed by atoms with Crippen LogP contribution in [0.25, 0.3) is 0 Å². The summed E-state index contributed by atoms with van der Waals surface area (Å²) in [5.41, 5.74) is 1.11. The molecule has 0 atom stereocenters. The summed E-state index contributed by atoms with van der Waals surface area (Å²) in [6, 6.07) is 9.86. The highest BCUT2D eigenvalue weighted by atomic mass is 31.1. The molecule has 0 radical (unpaired) electrons. The lowest BCUT2D eigenvalue weighted by Crippen LogP contribution is -2.09. The van der Waals surface area contributed by atoms with Crippen molar-refractivity contribution >= 4 is 14.0 Å². The molecule has 16 heavy (non-hydrogen) atoms. The lowest BCUT2D eigenvalue weighted by molar-refractivity contribution is -0.121. The molecule has 90 valence electrons. The third-order valence-electron chi connectivity index (χ3n) is 1.87. The van der Waals surface area contributed by atoms with Gasteiger partial charge in [0.2, 0.25) is 0 Å². The average Bonchev–Trinajstić information content (AvgIpc) is 2.18. The highest BCUT2D eigenvalue weighted by Crippen LogP contribution is 2.04. The minimum Gasteiger partial charge on any atom is -0.326 e. The van der Waals surface area contributed by atoms with E-state index in [0.29, 0.717) is 12.2 Å². The van der Waals surface area contributed by atoms with E-state index in [-0.39, 0.29) is 5.92 Å². The number of carbonyl (C=O) groups excluding carboxylic acids is 1. The van der Waals surface area contributed by atoms with Crippen LogP contribution < -0.4 is 0 Å². The Labute approximate surface area is 95.9 Å². The number of carbonyl (C=O) groups is 1. The molecule has 5 heteroatoms. The Bertz CT molecular complexity index is 331. The second-order valence-electron chi connectivity index (χ2n) is 3.57. The molecule has 0 aliphatic heterocycles. The zero-order valence-corrected chi connectivity index (χ0v) is 10.4. The monoisotopic (exact) mass is 244 g/mol. The van der Waals surface area contributed by atoms with Crippen molar-refractivity contribution in [3.63, 3.8) is 0 Å². The lowest BCUT2D eigenvalue weighted by atomic mass is 10.0. The van der Waals surface area contributed by atoms with E-state index in [0.717, 1.165) is 5.56 Å². The second kappa shape index (κ2) is 8.22. The Balaban J connectivity index is 0.000000487. The molecule has 2 N–H and O–H groups in total. The first-order valence-electron chi connectivity index (χ1n) is 4.92. The van der Waals surface area contributed by atoms with Crippen LogP contribution >= 0.6 is 8.25 Å². The minimum atomic E-state index is -3.13. The molecule has 0 fully saturated rings. The van der Waals surface area contributed by atoms with Gasteiger partial charge in [0.25, 0.3) is 0 Å². The van der Waals surface area contributed by atoms with Gasteiger partial charge in [0.1, 0.15) is 5.78 Å². The van der Waals surface area contributed by atoms with Crippen molar-refractivity contribution < 1.29 is 19.1 Å². The Morgan fingerprint density at radius 3 is 2.06 bits per heavy atom. The molecule has 0 amide bonds. The van der Waals surface area contributed by atoms with Gasteiger partial charge in [-0.15, -0.1) is 0 Å². The van der Waals surface area contributed by atoms with E-state index < -0.39 is 8.25 Å². The van der Waals surface area contributed by atoms with Crippen LogP contribution in [0, 0.1) is 5.92 Å². The van der Waals surface area contributed by atoms with Gasteiger partial charge < -0.3 is 9.79 Å². The van der Waals surface area contributed by atoms with Gasteiger partial charge in [-0.25, -0.2) is 0 Å². The number of hydrogen-bond donors (Lipinski definition) is 2. The van der Waals surface area contributed by atoms with E-state index in [2.05, 4.69) is 0 Å². The van der Waals surface area contributed by atoms with Crippen LogP contribution in [-0.2, 0) is 15.8 Å². The molecular weight excluding hydrogens is 227 g/mol.